The maximum atomic E-state index is 6.16. The predicted molar refractivity (Wildman–Crippen MR) is 104 cm³/mol. The zero-order valence-corrected chi connectivity index (χ0v) is 15.4. The van der Waals surface area contributed by atoms with Gasteiger partial charge in [-0.15, -0.1) is 0 Å². The largest absolute Gasteiger partial charge is 0.491 e. The van der Waals surface area contributed by atoms with Gasteiger partial charge < -0.3 is 14.8 Å². The quantitative estimate of drug-likeness (QED) is 0.612. The van der Waals surface area contributed by atoms with Gasteiger partial charge in [0.05, 0.1) is 6.10 Å². The van der Waals surface area contributed by atoms with Gasteiger partial charge in [0, 0.05) is 18.7 Å². The first kappa shape index (κ1) is 18.2. The molecule has 0 spiro atoms. The molecule has 3 heteroatoms. The number of hydrogen-bond acceptors (Lipinski definition) is 3. The summed E-state index contributed by atoms with van der Waals surface area (Å²) in [6, 6.07) is 12.8. The molecule has 0 aliphatic carbocycles. The molecule has 1 aliphatic heterocycles. The summed E-state index contributed by atoms with van der Waals surface area (Å²) in [5.41, 5.74) is 1.27. The van der Waals surface area contributed by atoms with E-state index in [0.717, 1.165) is 38.3 Å². The molecule has 1 fully saturated rings. The van der Waals surface area contributed by atoms with E-state index in [1.165, 1.54) is 42.0 Å². The molecule has 1 heterocycles. The number of fused-ring (bicyclic) bond motifs is 1. The molecular weight excluding hydrogens is 310 g/mol. The number of rotatable bonds is 10. The van der Waals surface area contributed by atoms with Gasteiger partial charge in [-0.3, -0.25) is 0 Å². The summed E-state index contributed by atoms with van der Waals surface area (Å²) in [5.74, 6) is 0.996. The number of hydrogen-bond donors (Lipinski definition) is 1. The molecule has 1 aliphatic rings. The second-order valence-electron chi connectivity index (χ2n) is 6.95. The maximum absolute atomic E-state index is 6.16. The highest BCUT2D eigenvalue weighted by molar-refractivity contribution is 5.87. The SMILES string of the molecule is CCCCCCNCc1c(OCC2CCCO2)ccc2ccccc12. The van der Waals surface area contributed by atoms with Crippen LogP contribution in [-0.2, 0) is 11.3 Å². The van der Waals surface area contributed by atoms with E-state index in [4.69, 9.17) is 9.47 Å². The minimum atomic E-state index is 0.251. The third kappa shape index (κ3) is 5.20. The molecule has 0 bridgehead atoms. The molecule has 1 N–H and O–H groups in total. The summed E-state index contributed by atoms with van der Waals surface area (Å²) < 4.78 is 11.9. The fourth-order valence-electron chi connectivity index (χ4n) is 3.48. The molecule has 1 saturated heterocycles. The minimum Gasteiger partial charge on any atom is -0.491 e. The summed E-state index contributed by atoms with van der Waals surface area (Å²) in [6.07, 6.45) is 7.67. The summed E-state index contributed by atoms with van der Waals surface area (Å²) in [4.78, 5) is 0. The topological polar surface area (TPSA) is 30.5 Å². The third-order valence-corrected chi connectivity index (χ3v) is 4.96. The lowest BCUT2D eigenvalue weighted by Gasteiger charge is -2.17. The Balaban J connectivity index is 1.66. The Bertz CT molecular complexity index is 650. The van der Waals surface area contributed by atoms with Crippen molar-refractivity contribution in [2.24, 2.45) is 0 Å². The molecular formula is C22H31NO2. The van der Waals surface area contributed by atoms with Gasteiger partial charge in [-0.05, 0) is 42.6 Å². The Morgan fingerprint density at radius 3 is 2.88 bits per heavy atom. The lowest BCUT2D eigenvalue weighted by Crippen LogP contribution is -2.19. The molecule has 136 valence electrons. The van der Waals surface area contributed by atoms with Crippen LogP contribution in [0.15, 0.2) is 36.4 Å². The van der Waals surface area contributed by atoms with E-state index >= 15 is 0 Å². The smallest absolute Gasteiger partial charge is 0.124 e. The van der Waals surface area contributed by atoms with Gasteiger partial charge in [-0.2, -0.15) is 0 Å². The normalized spacial score (nSPS) is 17.2. The molecule has 0 amide bonds. The second kappa shape index (κ2) is 9.79. The first-order chi connectivity index (χ1) is 12.4. The Hall–Kier alpha value is -1.58. The van der Waals surface area contributed by atoms with Crippen molar-refractivity contribution in [2.75, 3.05) is 19.8 Å². The van der Waals surface area contributed by atoms with Crippen molar-refractivity contribution in [3.63, 3.8) is 0 Å². The van der Waals surface area contributed by atoms with Gasteiger partial charge in [0.1, 0.15) is 12.4 Å². The average Bonchev–Trinajstić information content (AvgIpc) is 3.17. The number of unbranched alkanes of at least 4 members (excludes halogenated alkanes) is 3. The predicted octanol–water partition coefficient (Wildman–Crippen LogP) is 5.07. The van der Waals surface area contributed by atoms with E-state index in [2.05, 4.69) is 48.6 Å². The fourth-order valence-corrected chi connectivity index (χ4v) is 3.48. The van der Waals surface area contributed by atoms with Crippen molar-refractivity contribution in [3.05, 3.63) is 42.0 Å². The van der Waals surface area contributed by atoms with Crippen molar-refractivity contribution in [3.8, 4) is 5.75 Å². The first-order valence-electron chi connectivity index (χ1n) is 9.84. The molecule has 2 aromatic rings. The highest BCUT2D eigenvalue weighted by Crippen LogP contribution is 2.29. The first-order valence-corrected chi connectivity index (χ1v) is 9.84. The second-order valence-corrected chi connectivity index (χ2v) is 6.95. The zero-order valence-electron chi connectivity index (χ0n) is 15.4. The van der Waals surface area contributed by atoms with Gasteiger partial charge in [-0.1, -0.05) is 56.5 Å². The fraction of sp³-hybridized carbons (Fsp3) is 0.545. The molecule has 0 saturated carbocycles. The van der Waals surface area contributed by atoms with E-state index in [-0.39, 0.29) is 6.10 Å². The molecule has 1 atom stereocenters. The third-order valence-electron chi connectivity index (χ3n) is 4.96. The van der Waals surface area contributed by atoms with Gasteiger partial charge in [0.25, 0.3) is 0 Å². The Labute approximate surface area is 151 Å². The van der Waals surface area contributed by atoms with Crippen LogP contribution in [0.1, 0.15) is 51.0 Å². The highest BCUT2D eigenvalue weighted by atomic mass is 16.5. The van der Waals surface area contributed by atoms with Gasteiger partial charge >= 0.3 is 0 Å². The minimum absolute atomic E-state index is 0.251. The molecule has 2 aromatic carbocycles. The number of ether oxygens (including phenoxy) is 2. The molecule has 0 aromatic heterocycles. The van der Waals surface area contributed by atoms with E-state index < -0.39 is 0 Å². The molecule has 1 unspecified atom stereocenters. The van der Waals surface area contributed by atoms with Crippen LogP contribution in [0.5, 0.6) is 5.75 Å². The van der Waals surface area contributed by atoms with Crippen LogP contribution in [-0.4, -0.2) is 25.9 Å². The van der Waals surface area contributed by atoms with E-state index in [0.29, 0.717) is 6.61 Å². The Morgan fingerprint density at radius 2 is 2.04 bits per heavy atom. The van der Waals surface area contributed by atoms with Crippen molar-refractivity contribution in [1.82, 2.24) is 5.32 Å². The van der Waals surface area contributed by atoms with Crippen molar-refractivity contribution < 1.29 is 9.47 Å². The van der Waals surface area contributed by atoms with Crippen LogP contribution >= 0.6 is 0 Å². The molecule has 25 heavy (non-hydrogen) atoms. The summed E-state index contributed by atoms with van der Waals surface area (Å²) in [5, 5.41) is 6.17. The van der Waals surface area contributed by atoms with Crippen LogP contribution in [0.4, 0.5) is 0 Å². The summed E-state index contributed by atoms with van der Waals surface area (Å²) in [6.45, 7) is 5.70. The van der Waals surface area contributed by atoms with Crippen LogP contribution in [0.2, 0.25) is 0 Å². The standard InChI is InChI=1S/C22H31NO2/c1-2-3-4-7-14-23-16-21-20-11-6-5-9-18(20)12-13-22(21)25-17-19-10-8-15-24-19/h5-6,9,11-13,19,23H,2-4,7-8,10,14-17H2,1H3. The van der Waals surface area contributed by atoms with Gasteiger partial charge in [0.15, 0.2) is 0 Å². The van der Waals surface area contributed by atoms with Crippen LogP contribution in [0.3, 0.4) is 0 Å². The summed E-state index contributed by atoms with van der Waals surface area (Å²) >= 11 is 0. The van der Waals surface area contributed by atoms with E-state index in [1.807, 2.05) is 0 Å². The van der Waals surface area contributed by atoms with E-state index in [9.17, 15) is 0 Å². The molecule has 0 radical (unpaired) electrons. The maximum Gasteiger partial charge on any atom is 0.124 e. The highest BCUT2D eigenvalue weighted by Gasteiger charge is 2.17. The van der Waals surface area contributed by atoms with Crippen LogP contribution in [0, 0.1) is 0 Å². The molecule has 3 rings (SSSR count). The monoisotopic (exact) mass is 341 g/mol. The lowest BCUT2D eigenvalue weighted by molar-refractivity contribution is 0.0676. The zero-order chi connectivity index (χ0) is 17.3. The van der Waals surface area contributed by atoms with Crippen molar-refractivity contribution in [1.29, 1.82) is 0 Å². The lowest BCUT2D eigenvalue weighted by atomic mass is 10.0. The van der Waals surface area contributed by atoms with E-state index in [1.54, 1.807) is 0 Å². The molecule has 3 nitrogen and oxygen atoms in total. The van der Waals surface area contributed by atoms with Crippen molar-refractivity contribution in [2.45, 2.75) is 58.1 Å². The average molecular weight is 341 g/mol. The number of nitrogens with one attached hydrogen (secondary N) is 1. The summed E-state index contributed by atoms with van der Waals surface area (Å²) in [7, 11) is 0. The van der Waals surface area contributed by atoms with Crippen LogP contribution < -0.4 is 10.1 Å². The van der Waals surface area contributed by atoms with Crippen molar-refractivity contribution >= 4 is 10.8 Å². The Morgan fingerprint density at radius 1 is 1.12 bits per heavy atom. The number of benzene rings is 2. The van der Waals surface area contributed by atoms with Gasteiger partial charge in [-0.25, -0.2) is 0 Å². The van der Waals surface area contributed by atoms with Gasteiger partial charge in [0.2, 0.25) is 0 Å². The van der Waals surface area contributed by atoms with Crippen LogP contribution in [0.25, 0.3) is 10.8 Å². The Kier molecular flexibility index (Phi) is 7.13.